The van der Waals surface area contributed by atoms with Crippen molar-refractivity contribution in [1.29, 1.82) is 0 Å². The number of alkyl halides is 3. The zero-order valence-corrected chi connectivity index (χ0v) is 16.3. The average molecular weight is 446 g/mol. The van der Waals surface area contributed by atoms with Gasteiger partial charge in [-0.3, -0.25) is 9.59 Å². The van der Waals surface area contributed by atoms with Crippen LogP contribution < -0.4 is 15.4 Å². The van der Waals surface area contributed by atoms with Crippen LogP contribution in [-0.4, -0.2) is 39.8 Å². The van der Waals surface area contributed by atoms with E-state index < -0.39 is 12.3 Å². The zero-order chi connectivity index (χ0) is 21.0. The summed E-state index contributed by atoms with van der Waals surface area (Å²) in [5.41, 5.74) is 0.426. The molecular weight excluding hydrogens is 433 g/mol. The third kappa shape index (κ3) is 6.35. The van der Waals surface area contributed by atoms with Gasteiger partial charge < -0.3 is 19.9 Å². The molecule has 1 aromatic carbocycles. The first-order valence-corrected chi connectivity index (χ1v) is 9.92. The molecule has 2 amide bonds. The molecule has 0 atom stereocenters. The van der Waals surface area contributed by atoms with Crippen LogP contribution in [0.3, 0.4) is 0 Å². The number of aromatic nitrogens is 2. The quantitative estimate of drug-likeness (QED) is 0.569. The summed E-state index contributed by atoms with van der Waals surface area (Å²) in [6.45, 7) is 1.69. The summed E-state index contributed by atoms with van der Waals surface area (Å²) >= 11 is 2.09. The van der Waals surface area contributed by atoms with Crippen molar-refractivity contribution in [2.75, 3.05) is 22.1 Å². The van der Waals surface area contributed by atoms with Crippen LogP contribution in [0.5, 0.6) is 5.75 Å². The van der Waals surface area contributed by atoms with Gasteiger partial charge in [-0.15, -0.1) is 24.9 Å². The van der Waals surface area contributed by atoms with Crippen molar-refractivity contribution < 1.29 is 32.0 Å². The first kappa shape index (κ1) is 20.9. The van der Waals surface area contributed by atoms with Crippen LogP contribution in [-0.2, 0) is 9.59 Å². The molecular formula is C16H13F3N4O4S2. The number of thioether (sulfide) groups is 1. The Hall–Kier alpha value is -2.80. The number of nitrogens with zero attached hydrogens (tertiary/aromatic N) is 2. The smallest absolute Gasteiger partial charge is 0.406 e. The van der Waals surface area contributed by atoms with E-state index in [0.717, 1.165) is 29.2 Å². The summed E-state index contributed by atoms with van der Waals surface area (Å²) in [4.78, 5) is 27.9. The standard InChI is InChI=1S/C16H13F3N4O4S2/c1-8-4-12(23-27-8)21-13(24)6-28-7-14(25)22-15-20-10-3-2-9(5-11(10)29-15)26-16(17,18)19/h2-5H,6-7H2,1H3,(H,20,22,25)(H,21,23,24). The van der Waals surface area contributed by atoms with E-state index in [1.165, 1.54) is 12.1 Å². The summed E-state index contributed by atoms with van der Waals surface area (Å²) in [5, 5.41) is 8.94. The summed E-state index contributed by atoms with van der Waals surface area (Å²) in [7, 11) is 0. The Kier molecular flexibility index (Phi) is 6.27. The number of amides is 2. The Balaban J connectivity index is 1.48. The minimum absolute atomic E-state index is 0.0103. The maximum atomic E-state index is 12.3. The molecule has 0 aliphatic rings. The van der Waals surface area contributed by atoms with E-state index in [1.807, 2.05) is 0 Å². The zero-order valence-electron chi connectivity index (χ0n) is 14.7. The number of rotatable bonds is 7. The molecule has 154 valence electrons. The topological polar surface area (TPSA) is 106 Å². The fourth-order valence-corrected chi connectivity index (χ4v) is 3.68. The molecule has 0 aliphatic heterocycles. The van der Waals surface area contributed by atoms with Crippen molar-refractivity contribution in [3.05, 3.63) is 30.0 Å². The van der Waals surface area contributed by atoms with Gasteiger partial charge in [-0.2, -0.15) is 0 Å². The van der Waals surface area contributed by atoms with Gasteiger partial charge in [-0.25, -0.2) is 4.98 Å². The Morgan fingerprint density at radius 3 is 2.59 bits per heavy atom. The number of ether oxygens (including phenoxy) is 1. The SMILES string of the molecule is Cc1cc(NC(=O)CSCC(=O)Nc2nc3ccc(OC(F)(F)F)cc3s2)no1. The van der Waals surface area contributed by atoms with Crippen molar-refractivity contribution in [1.82, 2.24) is 10.1 Å². The lowest BCUT2D eigenvalue weighted by molar-refractivity contribution is -0.274. The first-order chi connectivity index (χ1) is 13.7. The molecule has 0 aliphatic carbocycles. The van der Waals surface area contributed by atoms with Gasteiger partial charge in [0.05, 0.1) is 21.7 Å². The number of carbonyl (C=O) groups is 2. The van der Waals surface area contributed by atoms with Gasteiger partial charge in [0.15, 0.2) is 10.9 Å². The highest BCUT2D eigenvalue weighted by molar-refractivity contribution is 8.00. The van der Waals surface area contributed by atoms with Crippen LogP contribution in [0.4, 0.5) is 24.1 Å². The number of hydrogen-bond donors (Lipinski definition) is 2. The van der Waals surface area contributed by atoms with Crippen molar-refractivity contribution in [3.63, 3.8) is 0 Å². The number of anilines is 2. The van der Waals surface area contributed by atoms with Crippen LogP contribution in [0.1, 0.15) is 5.76 Å². The van der Waals surface area contributed by atoms with Gasteiger partial charge in [0, 0.05) is 12.1 Å². The molecule has 0 saturated carbocycles. The molecule has 13 heteroatoms. The third-order valence-corrected chi connectivity index (χ3v) is 5.07. The second-order valence-corrected chi connectivity index (χ2v) is 7.62. The minimum atomic E-state index is -4.79. The summed E-state index contributed by atoms with van der Waals surface area (Å²) in [6, 6.07) is 5.27. The third-order valence-electron chi connectivity index (χ3n) is 3.20. The maximum absolute atomic E-state index is 12.3. The molecule has 0 unspecified atom stereocenters. The second kappa shape index (κ2) is 8.69. The van der Waals surface area contributed by atoms with Gasteiger partial charge in [-0.1, -0.05) is 16.5 Å². The predicted octanol–water partition coefficient (Wildman–Crippen LogP) is 3.80. The Labute approximate surface area is 169 Å². The lowest BCUT2D eigenvalue weighted by Gasteiger charge is -2.07. The molecule has 0 saturated heterocycles. The number of hydrogen-bond acceptors (Lipinski definition) is 8. The number of nitrogens with one attached hydrogen (secondary N) is 2. The molecule has 2 aromatic heterocycles. The van der Waals surface area contributed by atoms with Gasteiger partial charge in [0.2, 0.25) is 11.8 Å². The van der Waals surface area contributed by atoms with Gasteiger partial charge in [-0.05, 0) is 19.1 Å². The Morgan fingerprint density at radius 1 is 1.21 bits per heavy atom. The van der Waals surface area contributed by atoms with E-state index in [0.29, 0.717) is 21.8 Å². The summed E-state index contributed by atoms with van der Waals surface area (Å²) in [5.74, 6) is -0.239. The first-order valence-electron chi connectivity index (χ1n) is 7.95. The summed E-state index contributed by atoms with van der Waals surface area (Å²) < 4.78 is 46.0. The van der Waals surface area contributed by atoms with Crippen molar-refractivity contribution in [2.24, 2.45) is 0 Å². The predicted molar refractivity (Wildman–Crippen MR) is 102 cm³/mol. The summed E-state index contributed by atoms with van der Waals surface area (Å²) in [6.07, 6.45) is -4.79. The molecule has 3 rings (SSSR count). The maximum Gasteiger partial charge on any atom is 0.573 e. The lowest BCUT2D eigenvalue weighted by Crippen LogP contribution is -2.18. The molecule has 0 radical (unpaired) electrons. The van der Waals surface area contributed by atoms with E-state index in [4.69, 9.17) is 4.52 Å². The largest absolute Gasteiger partial charge is 0.573 e. The number of carbonyl (C=O) groups excluding carboxylic acids is 2. The lowest BCUT2D eigenvalue weighted by atomic mass is 10.3. The highest BCUT2D eigenvalue weighted by Gasteiger charge is 2.31. The van der Waals surface area contributed by atoms with Crippen LogP contribution in [0.15, 0.2) is 28.8 Å². The van der Waals surface area contributed by atoms with Gasteiger partial charge in [0.1, 0.15) is 11.5 Å². The molecule has 29 heavy (non-hydrogen) atoms. The Bertz CT molecular complexity index is 1030. The van der Waals surface area contributed by atoms with Gasteiger partial charge in [0.25, 0.3) is 0 Å². The van der Waals surface area contributed by atoms with E-state index in [1.54, 1.807) is 13.0 Å². The molecule has 0 bridgehead atoms. The molecule has 3 aromatic rings. The average Bonchev–Trinajstić information content (AvgIpc) is 3.18. The second-order valence-electron chi connectivity index (χ2n) is 5.61. The van der Waals surface area contributed by atoms with Gasteiger partial charge >= 0.3 is 6.36 Å². The number of thiazole rings is 1. The molecule has 2 heterocycles. The number of fused-ring (bicyclic) bond motifs is 1. The van der Waals surface area contributed by atoms with Crippen LogP contribution >= 0.6 is 23.1 Å². The van der Waals surface area contributed by atoms with E-state index in [9.17, 15) is 22.8 Å². The van der Waals surface area contributed by atoms with Crippen molar-refractivity contribution in [2.45, 2.75) is 13.3 Å². The molecule has 0 spiro atoms. The van der Waals surface area contributed by atoms with Crippen LogP contribution in [0.2, 0.25) is 0 Å². The highest BCUT2D eigenvalue weighted by atomic mass is 32.2. The van der Waals surface area contributed by atoms with E-state index >= 15 is 0 Å². The number of benzene rings is 1. The van der Waals surface area contributed by atoms with E-state index in [2.05, 4.69) is 25.5 Å². The number of aryl methyl sites for hydroxylation is 1. The number of halogens is 3. The van der Waals surface area contributed by atoms with Crippen LogP contribution in [0.25, 0.3) is 10.2 Å². The monoisotopic (exact) mass is 446 g/mol. The highest BCUT2D eigenvalue weighted by Crippen LogP contribution is 2.31. The van der Waals surface area contributed by atoms with Crippen LogP contribution in [0, 0.1) is 6.92 Å². The molecule has 0 fully saturated rings. The molecule has 8 nitrogen and oxygen atoms in total. The Morgan fingerprint density at radius 2 is 1.93 bits per heavy atom. The fraction of sp³-hybridized carbons (Fsp3) is 0.250. The normalized spacial score (nSPS) is 11.4. The van der Waals surface area contributed by atoms with E-state index in [-0.39, 0.29) is 28.3 Å². The van der Waals surface area contributed by atoms with Crippen molar-refractivity contribution in [3.8, 4) is 5.75 Å². The fourth-order valence-electron chi connectivity index (χ4n) is 2.15. The minimum Gasteiger partial charge on any atom is -0.406 e. The molecule has 2 N–H and O–H groups in total. The van der Waals surface area contributed by atoms with Crippen molar-refractivity contribution >= 4 is 56.1 Å².